The molecule has 0 heterocycles. The summed E-state index contributed by atoms with van der Waals surface area (Å²) in [5.41, 5.74) is 1.12. The molecular weight excluding hydrogens is 320 g/mol. The lowest BCUT2D eigenvalue weighted by atomic mass is 9.89. The molecule has 0 amide bonds. The third-order valence-corrected chi connectivity index (χ3v) is 5.07. The van der Waals surface area contributed by atoms with Crippen molar-refractivity contribution in [1.82, 2.24) is 0 Å². The van der Waals surface area contributed by atoms with E-state index >= 15 is 0 Å². The minimum Gasteiger partial charge on any atom is -0.465 e. The number of benzene rings is 2. The molecule has 2 rings (SSSR count). The number of ether oxygens (including phenoxy) is 1. The predicted molar refractivity (Wildman–Crippen MR) is 111 cm³/mol. The van der Waals surface area contributed by atoms with E-state index in [0.717, 1.165) is 37.7 Å². The summed E-state index contributed by atoms with van der Waals surface area (Å²) in [5, 5.41) is 2.36. The molecule has 0 aliphatic heterocycles. The van der Waals surface area contributed by atoms with Crippen molar-refractivity contribution in [3.63, 3.8) is 0 Å². The van der Waals surface area contributed by atoms with Gasteiger partial charge >= 0.3 is 5.97 Å². The molecule has 0 bridgehead atoms. The van der Waals surface area contributed by atoms with Crippen molar-refractivity contribution < 1.29 is 9.53 Å². The number of carbonyl (C=O) groups excluding carboxylic acids is 1. The van der Waals surface area contributed by atoms with Gasteiger partial charge in [0.2, 0.25) is 0 Å². The largest absolute Gasteiger partial charge is 0.465 e. The molecule has 0 radical (unpaired) electrons. The van der Waals surface area contributed by atoms with Gasteiger partial charge in [0.1, 0.15) is 0 Å². The van der Waals surface area contributed by atoms with E-state index in [1.165, 1.54) is 36.5 Å². The second kappa shape index (κ2) is 11.7. The van der Waals surface area contributed by atoms with Crippen molar-refractivity contribution >= 4 is 16.7 Å². The smallest absolute Gasteiger partial charge is 0.313 e. The fourth-order valence-corrected chi connectivity index (χ4v) is 3.52. The van der Waals surface area contributed by atoms with Gasteiger partial charge in [0, 0.05) is 0 Å². The van der Waals surface area contributed by atoms with Gasteiger partial charge in [-0.15, -0.1) is 0 Å². The van der Waals surface area contributed by atoms with Gasteiger partial charge in [-0.1, -0.05) is 101 Å². The standard InChI is InChI=1S/C24H34O2/c1-3-5-7-8-9-12-19-26-24(25)23(16-6-4-2)22-18-13-15-20-14-10-11-17-21(20)22/h10-11,13-15,17-18,23H,3-9,12,16,19H2,1-2H3. The maximum absolute atomic E-state index is 12.8. The lowest BCUT2D eigenvalue weighted by Crippen LogP contribution is -2.17. The SMILES string of the molecule is CCCCCCCCOC(=O)C(CCCC)c1cccc2ccccc12. The number of hydrogen-bond acceptors (Lipinski definition) is 2. The van der Waals surface area contributed by atoms with Gasteiger partial charge in [0.15, 0.2) is 0 Å². The Labute approximate surface area is 158 Å². The van der Waals surface area contributed by atoms with Crippen LogP contribution in [0.4, 0.5) is 0 Å². The first kappa shape index (κ1) is 20.5. The molecule has 142 valence electrons. The number of carbonyl (C=O) groups is 1. The maximum atomic E-state index is 12.8. The summed E-state index contributed by atoms with van der Waals surface area (Å²) in [7, 11) is 0. The molecule has 0 aliphatic rings. The fraction of sp³-hybridized carbons (Fsp3) is 0.542. The van der Waals surface area contributed by atoms with E-state index in [4.69, 9.17) is 4.74 Å². The van der Waals surface area contributed by atoms with Gasteiger partial charge in [-0.2, -0.15) is 0 Å². The lowest BCUT2D eigenvalue weighted by molar-refractivity contribution is -0.145. The molecule has 1 unspecified atom stereocenters. The van der Waals surface area contributed by atoms with Crippen LogP contribution in [0.3, 0.4) is 0 Å². The molecule has 2 aromatic rings. The summed E-state index contributed by atoms with van der Waals surface area (Å²) < 4.78 is 5.67. The average Bonchev–Trinajstić information content (AvgIpc) is 2.67. The van der Waals surface area contributed by atoms with Gasteiger partial charge in [-0.05, 0) is 29.2 Å². The van der Waals surface area contributed by atoms with Gasteiger partial charge in [-0.25, -0.2) is 0 Å². The third kappa shape index (κ3) is 6.16. The molecular formula is C24H34O2. The number of hydrogen-bond donors (Lipinski definition) is 0. The van der Waals surface area contributed by atoms with Crippen molar-refractivity contribution in [2.75, 3.05) is 6.61 Å². The third-order valence-electron chi connectivity index (χ3n) is 5.07. The molecule has 0 spiro atoms. The monoisotopic (exact) mass is 354 g/mol. The number of esters is 1. The van der Waals surface area contributed by atoms with Gasteiger partial charge < -0.3 is 4.74 Å². The Morgan fingerprint density at radius 3 is 2.35 bits per heavy atom. The topological polar surface area (TPSA) is 26.3 Å². The molecule has 2 aromatic carbocycles. The van der Waals surface area contributed by atoms with E-state index in [1.54, 1.807) is 0 Å². The summed E-state index contributed by atoms with van der Waals surface area (Å²) in [5.74, 6) is -0.204. The van der Waals surface area contributed by atoms with Crippen LogP contribution in [0.15, 0.2) is 42.5 Å². The summed E-state index contributed by atoms with van der Waals surface area (Å²) in [6, 6.07) is 14.6. The minimum absolute atomic E-state index is 0.0524. The average molecular weight is 355 g/mol. The van der Waals surface area contributed by atoms with E-state index in [-0.39, 0.29) is 11.9 Å². The zero-order chi connectivity index (χ0) is 18.6. The molecule has 0 saturated carbocycles. The van der Waals surface area contributed by atoms with Gasteiger partial charge in [-0.3, -0.25) is 4.79 Å². The molecule has 26 heavy (non-hydrogen) atoms. The Bertz CT molecular complexity index is 657. The first-order valence-electron chi connectivity index (χ1n) is 10.4. The van der Waals surface area contributed by atoms with Crippen LogP contribution in [0.5, 0.6) is 0 Å². The molecule has 2 nitrogen and oxygen atoms in total. The maximum Gasteiger partial charge on any atom is 0.313 e. The molecule has 0 saturated heterocycles. The van der Waals surface area contributed by atoms with E-state index in [9.17, 15) is 4.79 Å². The molecule has 0 aliphatic carbocycles. The molecule has 0 aromatic heterocycles. The highest BCUT2D eigenvalue weighted by Gasteiger charge is 2.23. The van der Waals surface area contributed by atoms with Crippen molar-refractivity contribution in [3.8, 4) is 0 Å². The lowest BCUT2D eigenvalue weighted by Gasteiger charge is -2.18. The zero-order valence-electron chi connectivity index (χ0n) is 16.5. The van der Waals surface area contributed by atoms with Gasteiger partial charge in [0.25, 0.3) is 0 Å². The highest BCUT2D eigenvalue weighted by Crippen LogP contribution is 2.30. The Morgan fingerprint density at radius 2 is 1.54 bits per heavy atom. The highest BCUT2D eigenvalue weighted by atomic mass is 16.5. The molecule has 1 atom stereocenters. The summed E-state index contributed by atoms with van der Waals surface area (Å²) in [6.07, 6.45) is 10.2. The van der Waals surface area contributed by atoms with Crippen LogP contribution in [0, 0.1) is 0 Å². The Morgan fingerprint density at radius 1 is 0.846 bits per heavy atom. The van der Waals surface area contributed by atoms with E-state index < -0.39 is 0 Å². The molecule has 2 heteroatoms. The second-order valence-corrected chi connectivity index (χ2v) is 7.20. The second-order valence-electron chi connectivity index (χ2n) is 7.20. The van der Waals surface area contributed by atoms with Crippen LogP contribution < -0.4 is 0 Å². The van der Waals surface area contributed by atoms with Crippen LogP contribution in [0.1, 0.15) is 83.1 Å². The van der Waals surface area contributed by atoms with Crippen LogP contribution in [-0.2, 0) is 9.53 Å². The number of unbranched alkanes of at least 4 members (excludes halogenated alkanes) is 6. The number of fused-ring (bicyclic) bond motifs is 1. The quantitative estimate of drug-likeness (QED) is 0.302. The van der Waals surface area contributed by atoms with Crippen molar-refractivity contribution in [2.45, 2.75) is 77.6 Å². The first-order valence-corrected chi connectivity index (χ1v) is 10.4. The fourth-order valence-electron chi connectivity index (χ4n) is 3.52. The van der Waals surface area contributed by atoms with E-state index in [1.807, 2.05) is 12.1 Å². The van der Waals surface area contributed by atoms with Crippen molar-refractivity contribution in [1.29, 1.82) is 0 Å². The Hall–Kier alpha value is -1.83. The predicted octanol–water partition coefficient (Wildman–Crippen LogP) is 7.02. The molecule has 0 N–H and O–H groups in total. The summed E-state index contributed by atoms with van der Waals surface area (Å²) in [6.45, 7) is 4.95. The highest BCUT2D eigenvalue weighted by molar-refractivity contribution is 5.91. The van der Waals surface area contributed by atoms with Crippen molar-refractivity contribution in [3.05, 3.63) is 48.0 Å². The van der Waals surface area contributed by atoms with Crippen LogP contribution >= 0.6 is 0 Å². The molecule has 0 fully saturated rings. The zero-order valence-corrected chi connectivity index (χ0v) is 16.5. The van der Waals surface area contributed by atoms with Crippen LogP contribution in [-0.4, -0.2) is 12.6 Å². The summed E-state index contributed by atoms with van der Waals surface area (Å²) in [4.78, 5) is 12.8. The normalized spacial score (nSPS) is 12.2. The minimum atomic E-state index is -0.152. The van der Waals surface area contributed by atoms with Crippen LogP contribution in [0.2, 0.25) is 0 Å². The Kier molecular flexibility index (Phi) is 9.23. The van der Waals surface area contributed by atoms with Crippen LogP contribution in [0.25, 0.3) is 10.8 Å². The first-order chi connectivity index (χ1) is 12.8. The number of rotatable bonds is 12. The van der Waals surface area contributed by atoms with E-state index in [0.29, 0.717) is 6.61 Å². The summed E-state index contributed by atoms with van der Waals surface area (Å²) >= 11 is 0. The van der Waals surface area contributed by atoms with Gasteiger partial charge in [0.05, 0.1) is 12.5 Å². The van der Waals surface area contributed by atoms with Crippen molar-refractivity contribution in [2.24, 2.45) is 0 Å². The van der Waals surface area contributed by atoms with E-state index in [2.05, 4.69) is 44.2 Å². The Balaban J connectivity index is 1.98.